The smallest absolute Gasteiger partial charge is 0.241 e. The van der Waals surface area contributed by atoms with Crippen LogP contribution in [0.5, 0.6) is 0 Å². The number of carbonyl (C=O) groups is 1. The van der Waals surface area contributed by atoms with E-state index in [-0.39, 0.29) is 18.5 Å². The molecule has 0 unspecified atom stereocenters. The van der Waals surface area contributed by atoms with E-state index in [1.54, 1.807) is 4.68 Å². The second-order valence-electron chi connectivity index (χ2n) is 5.04. The van der Waals surface area contributed by atoms with Gasteiger partial charge in [-0.05, 0) is 39.3 Å². The highest BCUT2D eigenvalue weighted by Crippen LogP contribution is 2.20. The van der Waals surface area contributed by atoms with Gasteiger partial charge >= 0.3 is 0 Å². The minimum absolute atomic E-state index is 0.00465. The highest BCUT2D eigenvalue weighted by molar-refractivity contribution is 5.85. The Morgan fingerprint density at radius 1 is 1.39 bits per heavy atom. The molecule has 0 spiro atoms. The third-order valence-corrected chi connectivity index (χ3v) is 2.81. The molecule has 0 aliphatic rings. The number of aryl methyl sites for hydroxylation is 2. The van der Waals surface area contributed by atoms with E-state index in [9.17, 15) is 4.79 Å². The number of rotatable bonds is 3. The minimum atomic E-state index is -0.00465. The van der Waals surface area contributed by atoms with E-state index < -0.39 is 0 Å². The number of nitrogens with zero attached hydrogens (tertiary/aromatic N) is 2. The Kier molecular flexibility index (Phi) is 3.36. The lowest BCUT2D eigenvalue weighted by atomic mass is 10.1. The van der Waals surface area contributed by atoms with E-state index in [1.165, 1.54) is 5.56 Å². The second kappa shape index (κ2) is 4.80. The molecule has 0 saturated carbocycles. The first-order valence-corrected chi connectivity index (χ1v) is 6.19. The van der Waals surface area contributed by atoms with Crippen LogP contribution in [-0.4, -0.2) is 21.7 Å². The van der Waals surface area contributed by atoms with Gasteiger partial charge in [0.05, 0.1) is 11.7 Å². The molecule has 0 aliphatic heterocycles. The highest BCUT2D eigenvalue weighted by Gasteiger charge is 2.10. The SMILES string of the molecule is Cc1cc(C)c2c(cnn2CC(=O)NC(C)C)c1. The van der Waals surface area contributed by atoms with Crippen LogP contribution in [0, 0.1) is 13.8 Å². The van der Waals surface area contributed by atoms with Gasteiger partial charge in [-0.25, -0.2) is 0 Å². The van der Waals surface area contributed by atoms with Gasteiger partial charge < -0.3 is 5.32 Å². The fraction of sp³-hybridized carbons (Fsp3) is 0.429. The summed E-state index contributed by atoms with van der Waals surface area (Å²) in [7, 11) is 0. The molecule has 1 aromatic heterocycles. The van der Waals surface area contributed by atoms with Gasteiger partial charge in [-0.3, -0.25) is 9.48 Å². The Labute approximate surface area is 107 Å². The topological polar surface area (TPSA) is 46.9 Å². The maximum Gasteiger partial charge on any atom is 0.241 e. The average Bonchev–Trinajstić information content (AvgIpc) is 2.59. The Balaban J connectivity index is 2.32. The molecular formula is C14H19N3O. The summed E-state index contributed by atoms with van der Waals surface area (Å²) in [5, 5.41) is 8.26. The molecule has 4 nitrogen and oxygen atoms in total. The summed E-state index contributed by atoms with van der Waals surface area (Å²) in [4.78, 5) is 11.8. The second-order valence-corrected chi connectivity index (χ2v) is 5.04. The Hall–Kier alpha value is -1.84. The molecule has 0 radical (unpaired) electrons. The van der Waals surface area contributed by atoms with Gasteiger partial charge in [0, 0.05) is 11.4 Å². The van der Waals surface area contributed by atoms with Crippen LogP contribution in [0.15, 0.2) is 18.3 Å². The van der Waals surface area contributed by atoms with Crippen molar-refractivity contribution < 1.29 is 4.79 Å². The van der Waals surface area contributed by atoms with E-state index in [0.717, 1.165) is 16.5 Å². The van der Waals surface area contributed by atoms with Crippen molar-refractivity contribution in [1.29, 1.82) is 0 Å². The van der Waals surface area contributed by atoms with Crippen molar-refractivity contribution >= 4 is 16.8 Å². The van der Waals surface area contributed by atoms with E-state index in [4.69, 9.17) is 0 Å². The molecule has 0 saturated heterocycles. The fourth-order valence-corrected chi connectivity index (χ4v) is 2.26. The molecule has 2 rings (SSSR count). The summed E-state index contributed by atoms with van der Waals surface area (Å²) in [5.41, 5.74) is 3.41. The van der Waals surface area contributed by atoms with Crippen LogP contribution in [0.2, 0.25) is 0 Å². The summed E-state index contributed by atoms with van der Waals surface area (Å²) in [6.07, 6.45) is 1.82. The monoisotopic (exact) mass is 245 g/mol. The lowest BCUT2D eigenvalue weighted by Crippen LogP contribution is -2.33. The third-order valence-electron chi connectivity index (χ3n) is 2.81. The average molecular weight is 245 g/mol. The molecule has 1 heterocycles. The van der Waals surface area contributed by atoms with Gasteiger partial charge in [0.25, 0.3) is 0 Å². The summed E-state index contributed by atoms with van der Waals surface area (Å²) in [5.74, 6) is -0.00465. The maximum atomic E-state index is 11.8. The molecule has 0 bridgehead atoms. The minimum Gasteiger partial charge on any atom is -0.352 e. The first-order chi connectivity index (χ1) is 8.47. The summed E-state index contributed by atoms with van der Waals surface area (Å²) >= 11 is 0. The zero-order valence-electron chi connectivity index (χ0n) is 11.3. The van der Waals surface area contributed by atoms with Crippen LogP contribution in [0.3, 0.4) is 0 Å². The van der Waals surface area contributed by atoms with Crippen molar-refractivity contribution in [2.45, 2.75) is 40.3 Å². The standard InChI is InChI=1S/C14H19N3O/c1-9(2)16-13(18)8-17-14-11(4)5-10(3)6-12(14)7-15-17/h5-7,9H,8H2,1-4H3,(H,16,18). The van der Waals surface area contributed by atoms with Crippen molar-refractivity contribution in [1.82, 2.24) is 15.1 Å². The Morgan fingerprint density at radius 3 is 2.78 bits per heavy atom. The normalized spacial score (nSPS) is 11.2. The first kappa shape index (κ1) is 12.6. The van der Waals surface area contributed by atoms with E-state index in [0.29, 0.717) is 0 Å². The van der Waals surface area contributed by atoms with Crippen molar-refractivity contribution in [2.24, 2.45) is 0 Å². The van der Waals surface area contributed by atoms with Gasteiger partial charge in [-0.2, -0.15) is 5.10 Å². The predicted molar refractivity (Wildman–Crippen MR) is 72.5 cm³/mol. The summed E-state index contributed by atoms with van der Waals surface area (Å²) in [6.45, 7) is 8.29. The van der Waals surface area contributed by atoms with E-state index >= 15 is 0 Å². The maximum absolute atomic E-state index is 11.8. The lowest BCUT2D eigenvalue weighted by molar-refractivity contribution is -0.122. The number of amides is 1. The predicted octanol–water partition coefficient (Wildman–Crippen LogP) is 2.18. The molecule has 18 heavy (non-hydrogen) atoms. The molecule has 96 valence electrons. The Bertz CT molecular complexity index is 584. The molecular weight excluding hydrogens is 226 g/mol. The number of aromatic nitrogens is 2. The number of carbonyl (C=O) groups excluding carboxylic acids is 1. The number of nitrogens with one attached hydrogen (secondary N) is 1. The molecule has 2 aromatic rings. The van der Waals surface area contributed by atoms with Crippen LogP contribution in [0.4, 0.5) is 0 Å². The van der Waals surface area contributed by atoms with E-state index in [2.05, 4.69) is 29.5 Å². The molecule has 0 fully saturated rings. The van der Waals surface area contributed by atoms with E-state index in [1.807, 2.05) is 27.0 Å². The summed E-state index contributed by atoms with van der Waals surface area (Å²) < 4.78 is 1.77. The third kappa shape index (κ3) is 2.53. The summed E-state index contributed by atoms with van der Waals surface area (Å²) in [6, 6.07) is 4.36. The van der Waals surface area contributed by atoms with Gasteiger partial charge in [0.1, 0.15) is 6.54 Å². The van der Waals surface area contributed by atoms with Gasteiger partial charge in [0.15, 0.2) is 0 Å². The molecule has 4 heteroatoms. The van der Waals surface area contributed by atoms with Crippen LogP contribution < -0.4 is 5.32 Å². The number of hydrogen-bond acceptors (Lipinski definition) is 2. The van der Waals surface area contributed by atoms with Gasteiger partial charge in [0.2, 0.25) is 5.91 Å². The zero-order chi connectivity index (χ0) is 13.3. The molecule has 1 amide bonds. The molecule has 0 atom stereocenters. The largest absolute Gasteiger partial charge is 0.352 e. The zero-order valence-corrected chi connectivity index (χ0v) is 11.3. The molecule has 1 aromatic carbocycles. The van der Waals surface area contributed by atoms with Crippen molar-refractivity contribution in [3.8, 4) is 0 Å². The number of fused-ring (bicyclic) bond motifs is 1. The van der Waals surface area contributed by atoms with Crippen LogP contribution in [0.1, 0.15) is 25.0 Å². The number of hydrogen-bond donors (Lipinski definition) is 1. The van der Waals surface area contributed by atoms with Gasteiger partial charge in [-0.1, -0.05) is 11.6 Å². The van der Waals surface area contributed by atoms with Crippen LogP contribution in [0.25, 0.3) is 10.9 Å². The number of benzene rings is 1. The van der Waals surface area contributed by atoms with Crippen molar-refractivity contribution in [3.63, 3.8) is 0 Å². The first-order valence-electron chi connectivity index (χ1n) is 6.19. The highest BCUT2D eigenvalue weighted by atomic mass is 16.2. The quantitative estimate of drug-likeness (QED) is 0.901. The van der Waals surface area contributed by atoms with Gasteiger partial charge in [-0.15, -0.1) is 0 Å². The Morgan fingerprint density at radius 2 is 2.11 bits per heavy atom. The van der Waals surface area contributed by atoms with Crippen molar-refractivity contribution in [2.75, 3.05) is 0 Å². The van der Waals surface area contributed by atoms with Crippen molar-refractivity contribution in [3.05, 3.63) is 29.5 Å². The molecule has 0 aliphatic carbocycles. The fourth-order valence-electron chi connectivity index (χ4n) is 2.26. The lowest BCUT2D eigenvalue weighted by Gasteiger charge is -2.10. The van der Waals surface area contributed by atoms with Crippen LogP contribution in [-0.2, 0) is 11.3 Å². The van der Waals surface area contributed by atoms with Crippen LogP contribution >= 0.6 is 0 Å². The molecule has 1 N–H and O–H groups in total.